The smallest absolute Gasteiger partial charge is 0.303 e. The molecule has 1 unspecified atom stereocenters. The SMILES string of the molecule is COCCOCCOCCOCCN(CCCS(=O)(=O)O)c1ccc(/C(=C\C/C=C/C=C2/N(CCCCCC(=O)O)c3ccc(S(=O)(=O)O)cc3C2(C)CCCS(=O)(=O)O)C(C)(C)C)c(O)c1. The maximum atomic E-state index is 12.3. The van der Waals surface area contributed by atoms with Gasteiger partial charge in [0.15, 0.2) is 0 Å². The zero-order chi connectivity index (χ0) is 49.9. The molecule has 1 atom stereocenters. The number of carbonyl (C=O) groups is 1. The number of carboxylic acid groups (broad SMARTS) is 1. The van der Waals surface area contributed by atoms with Crippen molar-refractivity contribution in [1.82, 2.24) is 0 Å². The molecule has 1 aliphatic rings. The molecule has 0 saturated heterocycles. The molecule has 2 aromatic carbocycles. The highest BCUT2D eigenvalue weighted by Crippen LogP contribution is 2.51. The Morgan fingerprint density at radius 2 is 1.42 bits per heavy atom. The molecule has 0 fully saturated rings. The minimum absolute atomic E-state index is 0.000714. The van der Waals surface area contributed by atoms with Gasteiger partial charge in [-0.15, -0.1) is 0 Å². The number of hydrogen-bond acceptors (Lipinski definition) is 14. The molecule has 3 rings (SSSR count). The van der Waals surface area contributed by atoms with Crippen LogP contribution >= 0.6 is 0 Å². The summed E-state index contributed by atoms with van der Waals surface area (Å²) in [5, 5.41) is 20.6. The van der Waals surface area contributed by atoms with Gasteiger partial charge >= 0.3 is 5.97 Å². The molecule has 0 amide bonds. The van der Waals surface area contributed by atoms with E-state index in [1.807, 2.05) is 67.9 Å². The summed E-state index contributed by atoms with van der Waals surface area (Å²) >= 11 is 0. The van der Waals surface area contributed by atoms with E-state index in [0.717, 1.165) is 5.57 Å². The Hall–Kier alpha value is -3.90. The highest BCUT2D eigenvalue weighted by atomic mass is 32.2. The summed E-state index contributed by atoms with van der Waals surface area (Å²) in [5.41, 5.74) is 2.55. The van der Waals surface area contributed by atoms with Crippen molar-refractivity contribution in [2.45, 2.75) is 89.4 Å². The molecule has 0 aromatic heterocycles. The van der Waals surface area contributed by atoms with Crippen molar-refractivity contribution < 1.29 is 72.9 Å². The van der Waals surface area contributed by atoms with Crippen LogP contribution in [-0.4, -0.2) is 140 Å². The molecule has 1 aliphatic heterocycles. The molecule has 18 nitrogen and oxygen atoms in total. The van der Waals surface area contributed by atoms with Gasteiger partial charge in [-0.2, -0.15) is 25.3 Å². The van der Waals surface area contributed by atoms with Crippen molar-refractivity contribution in [1.29, 1.82) is 0 Å². The van der Waals surface area contributed by atoms with Gasteiger partial charge in [-0.05, 0) is 98.4 Å². The fraction of sp³-hybridized carbons (Fsp3) is 0.587. The average Bonchev–Trinajstić information content (AvgIpc) is 3.44. The molecule has 0 saturated carbocycles. The van der Waals surface area contributed by atoms with Crippen LogP contribution in [0.25, 0.3) is 5.57 Å². The zero-order valence-corrected chi connectivity index (χ0v) is 41.7. The first-order chi connectivity index (χ1) is 31.4. The fourth-order valence-corrected chi connectivity index (χ4v) is 9.39. The number of fused-ring (bicyclic) bond motifs is 1. The van der Waals surface area contributed by atoms with Gasteiger partial charge in [0.05, 0.1) is 62.6 Å². The molecule has 21 heteroatoms. The van der Waals surface area contributed by atoms with Crippen LogP contribution in [0.15, 0.2) is 71.3 Å². The van der Waals surface area contributed by atoms with E-state index in [2.05, 4.69) is 0 Å². The quantitative estimate of drug-likeness (QED) is 0.0374. The molecule has 378 valence electrons. The molecule has 67 heavy (non-hydrogen) atoms. The Labute approximate surface area is 396 Å². The molecule has 0 aliphatic carbocycles. The van der Waals surface area contributed by atoms with Gasteiger partial charge in [0, 0.05) is 67.3 Å². The van der Waals surface area contributed by atoms with Gasteiger partial charge in [-0.25, -0.2) is 0 Å². The zero-order valence-electron chi connectivity index (χ0n) is 39.3. The number of methoxy groups -OCH3 is 1. The number of phenolic OH excluding ortho intramolecular Hbond substituents is 1. The topological polar surface area (TPSA) is 264 Å². The summed E-state index contributed by atoms with van der Waals surface area (Å²) in [6, 6.07) is 9.51. The average molecular weight is 1000 g/mol. The molecule has 5 N–H and O–H groups in total. The number of nitrogens with zero attached hydrogens (tertiary/aromatic N) is 2. The second kappa shape index (κ2) is 26.7. The van der Waals surface area contributed by atoms with Crippen LogP contribution in [0.3, 0.4) is 0 Å². The first-order valence-corrected chi connectivity index (χ1v) is 26.9. The Balaban J connectivity index is 1.90. The second-order valence-corrected chi connectivity index (χ2v) is 22.0. The van der Waals surface area contributed by atoms with E-state index in [1.165, 1.54) is 12.1 Å². The number of rotatable bonds is 32. The predicted molar refractivity (Wildman–Crippen MR) is 258 cm³/mol. The lowest BCUT2D eigenvalue weighted by Gasteiger charge is -2.30. The molecule has 0 spiro atoms. The number of hydrogen-bond donors (Lipinski definition) is 5. The maximum absolute atomic E-state index is 12.3. The van der Waals surface area contributed by atoms with Crippen molar-refractivity contribution in [3.8, 4) is 5.75 Å². The van der Waals surface area contributed by atoms with E-state index < -0.39 is 58.7 Å². The normalized spacial score (nSPS) is 16.6. The Bertz CT molecular complexity index is 2340. The third-order valence-corrected chi connectivity index (χ3v) is 13.6. The maximum Gasteiger partial charge on any atom is 0.303 e. The number of phenols is 1. The second-order valence-electron chi connectivity index (χ2n) is 17.5. The van der Waals surface area contributed by atoms with Crippen LogP contribution in [0.4, 0.5) is 11.4 Å². The number of unbranched alkanes of at least 4 members (excludes halogenated alkanes) is 2. The third-order valence-electron chi connectivity index (χ3n) is 11.2. The van der Waals surface area contributed by atoms with Crippen molar-refractivity contribution >= 4 is 53.3 Å². The summed E-state index contributed by atoms with van der Waals surface area (Å²) in [4.78, 5) is 14.7. The molecule has 0 radical (unpaired) electrons. The standard InChI is InChI=1S/C46H70N2O16S3/c1-45(2,3)39(38-19-17-36(34-42(38)49)47(22-13-33-66(55,56)57)24-25-62-28-29-64-31-30-63-27-26-61-5)14-8-6-9-15-43-46(4,21-12-32-65(52,53)54)40-35-37(67(58,59)60)18-20-41(40)48(43)23-11-7-10-16-44(50)51/h6,9,14-15,17-20,34-35,49H,7-8,10-13,16,21-33H2,1-5H3,(H,50,51)(H,52,53,54)(H,55,56,57)(H,58,59,60)/b9-6+,39-14+,43-15+. The number of aliphatic carboxylic acids is 1. The molecule has 1 heterocycles. The summed E-state index contributed by atoms with van der Waals surface area (Å²) in [5.74, 6) is -1.86. The first kappa shape index (κ1) is 57.4. The largest absolute Gasteiger partial charge is 0.507 e. The molecule has 2 aromatic rings. The van der Waals surface area contributed by atoms with Crippen molar-refractivity contribution in [3.63, 3.8) is 0 Å². The molecular weight excluding hydrogens is 933 g/mol. The molecule has 0 bridgehead atoms. The Kier molecular flexibility index (Phi) is 22.9. The van der Waals surface area contributed by atoms with Crippen molar-refractivity contribution in [2.24, 2.45) is 5.41 Å². The van der Waals surface area contributed by atoms with Gasteiger partial charge in [0.2, 0.25) is 0 Å². The van der Waals surface area contributed by atoms with Crippen LogP contribution in [0.2, 0.25) is 0 Å². The summed E-state index contributed by atoms with van der Waals surface area (Å²) in [7, 11) is -11.5. The van der Waals surface area contributed by atoms with E-state index >= 15 is 0 Å². The lowest BCUT2D eigenvalue weighted by Crippen LogP contribution is -2.30. The highest BCUT2D eigenvalue weighted by Gasteiger charge is 2.43. The highest BCUT2D eigenvalue weighted by molar-refractivity contribution is 7.86. The van der Waals surface area contributed by atoms with Crippen molar-refractivity contribution in [3.05, 3.63) is 77.5 Å². The number of allylic oxidation sites excluding steroid dienone is 6. The van der Waals surface area contributed by atoms with Crippen LogP contribution < -0.4 is 9.80 Å². The van der Waals surface area contributed by atoms with Crippen molar-refractivity contribution in [2.75, 3.05) is 94.3 Å². The van der Waals surface area contributed by atoms with E-state index in [0.29, 0.717) is 107 Å². The van der Waals surface area contributed by atoms with Crippen LogP contribution in [-0.2, 0) is 59.5 Å². The minimum Gasteiger partial charge on any atom is -0.507 e. The number of carboxylic acids is 1. The Morgan fingerprint density at radius 3 is 2.00 bits per heavy atom. The Morgan fingerprint density at radius 1 is 0.791 bits per heavy atom. The van der Waals surface area contributed by atoms with E-state index in [4.69, 9.17) is 24.1 Å². The predicted octanol–water partition coefficient (Wildman–Crippen LogP) is 6.77. The van der Waals surface area contributed by atoms with Crippen LogP contribution in [0.1, 0.15) is 90.2 Å². The van der Waals surface area contributed by atoms with E-state index in [-0.39, 0.29) is 49.5 Å². The lowest BCUT2D eigenvalue weighted by molar-refractivity contribution is -0.137. The van der Waals surface area contributed by atoms with Gasteiger partial charge in [-0.1, -0.05) is 45.4 Å². The number of ether oxygens (including phenoxy) is 4. The minimum atomic E-state index is -4.60. The van der Waals surface area contributed by atoms with Gasteiger partial charge in [0.25, 0.3) is 30.4 Å². The van der Waals surface area contributed by atoms with Gasteiger partial charge in [-0.3, -0.25) is 18.5 Å². The van der Waals surface area contributed by atoms with E-state index in [1.54, 1.807) is 25.3 Å². The number of aromatic hydroxyl groups is 1. The summed E-state index contributed by atoms with van der Waals surface area (Å²) in [6.45, 7) is 11.7. The van der Waals surface area contributed by atoms with Crippen LogP contribution in [0.5, 0.6) is 5.75 Å². The third kappa shape index (κ3) is 19.9. The lowest BCUT2D eigenvalue weighted by atomic mass is 9.77. The summed E-state index contributed by atoms with van der Waals surface area (Å²) in [6.07, 6.45) is 10.0. The van der Waals surface area contributed by atoms with Crippen LogP contribution in [0, 0.1) is 5.41 Å². The van der Waals surface area contributed by atoms with Gasteiger partial charge < -0.3 is 39.0 Å². The number of benzene rings is 2. The van der Waals surface area contributed by atoms with E-state index in [9.17, 15) is 48.8 Å². The number of anilines is 2. The summed E-state index contributed by atoms with van der Waals surface area (Å²) < 4.78 is 121. The molecular formula is C46H70N2O16S3. The van der Waals surface area contributed by atoms with Gasteiger partial charge in [0.1, 0.15) is 5.75 Å². The monoisotopic (exact) mass is 1000 g/mol. The first-order valence-electron chi connectivity index (χ1n) is 22.3. The fourth-order valence-electron chi connectivity index (χ4n) is 7.88.